The standard InChI is InChI=1S/C14H16N2O/c1-14(7-4-8-14)16-13(17)12-9-10-5-2-3-6-11(10)15-12/h2-3,5-6,9,15H,4,7-8H2,1H3,(H,16,17). The fourth-order valence-corrected chi connectivity index (χ4v) is 2.37. The first-order valence-electron chi connectivity index (χ1n) is 6.07. The Bertz CT molecular complexity index is 533. The van der Waals surface area contributed by atoms with Crippen LogP contribution in [0, 0.1) is 0 Å². The lowest BCUT2D eigenvalue weighted by molar-refractivity contribution is 0.0846. The summed E-state index contributed by atoms with van der Waals surface area (Å²) in [6.45, 7) is 2.11. The second-order valence-corrected chi connectivity index (χ2v) is 5.14. The van der Waals surface area contributed by atoms with Gasteiger partial charge in [-0.1, -0.05) is 18.2 Å². The zero-order chi connectivity index (χ0) is 11.9. The molecule has 0 unspecified atom stereocenters. The van der Waals surface area contributed by atoms with E-state index in [-0.39, 0.29) is 11.4 Å². The number of carbonyl (C=O) groups is 1. The molecule has 1 aliphatic rings. The molecule has 0 bridgehead atoms. The van der Waals surface area contributed by atoms with Gasteiger partial charge in [-0.05, 0) is 38.3 Å². The number of carbonyl (C=O) groups excluding carboxylic acids is 1. The number of hydrogen-bond donors (Lipinski definition) is 2. The number of rotatable bonds is 2. The number of para-hydroxylation sites is 1. The van der Waals surface area contributed by atoms with E-state index < -0.39 is 0 Å². The summed E-state index contributed by atoms with van der Waals surface area (Å²) in [5.41, 5.74) is 1.67. The molecule has 1 fully saturated rings. The van der Waals surface area contributed by atoms with Gasteiger partial charge in [-0.3, -0.25) is 4.79 Å². The highest BCUT2D eigenvalue weighted by Crippen LogP contribution is 2.31. The van der Waals surface area contributed by atoms with Gasteiger partial charge in [0.2, 0.25) is 0 Å². The molecule has 17 heavy (non-hydrogen) atoms. The molecule has 0 saturated heterocycles. The maximum Gasteiger partial charge on any atom is 0.268 e. The molecule has 3 rings (SSSR count). The number of amides is 1. The molecule has 1 aliphatic carbocycles. The highest BCUT2D eigenvalue weighted by atomic mass is 16.2. The van der Waals surface area contributed by atoms with Crippen molar-refractivity contribution in [2.24, 2.45) is 0 Å². The summed E-state index contributed by atoms with van der Waals surface area (Å²) in [5, 5.41) is 4.18. The molecule has 0 radical (unpaired) electrons. The molecular formula is C14H16N2O. The third kappa shape index (κ3) is 1.82. The van der Waals surface area contributed by atoms with Gasteiger partial charge in [0, 0.05) is 16.4 Å². The summed E-state index contributed by atoms with van der Waals surface area (Å²) < 4.78 is 0. The maximum absolute atomic E-state index is 12.1. The number of H-pyrrole nitrogens is 1. The molecular weight excluding hydrogens is 212 g/mol. The predicted molar refractivity (Wildman–Crippen MR) is 68.0 cm³/mol. The van der Waals surface area contributed by atoms with Gasteiger partial charge in [-0.25, -0.2) is 0 Å². The van der Waals surface area contributed by atoms with Crippen molar-refractivity contribution in [1.29, 1.82) is 0 Å². The number of aromatic amines is 1. The number of aromatic nitrogens is 1. The van der Waals surface area contributed by atoms with Crippen LogP contribution in [0.25, 0.3) is 10.9 Å². The minimum absolute atomic E-state index is 0.00315. The zero-order valence-corrected chi connectivity index (χ0v) is 9.92. The molecule has 0 atom stereocenters. The van der Waals surface area contributed by atoms with Crippen LogP contribution >= 0.6 is 0 Å². The number of hydrogen-bond acceptors (Lipinski definition) is 1. The van der Waals surface area contributed by atoms with Crippen LogP contribution in [0.15, 0.2) is 30.3 Å². The Balaban J connectivity index is 1.85. The van der Waals surface area contributed by atoms with Crippen molar-refractivity contribution in [3.05, 3.63) is 36.0 Å². The Morgan fingerprint density at radius 2 is 2.12 bits per heavy atom. The van der Waals surface area contributed by atoms with Crippen molar-refractivity contribution < 1.29 is 4.79 Å². The van der Waals surface area contributed by atoms with Gasteiger partial charge < -0.3 is 10.3 Å². The monoisotopic (exact) mass is 228 g/mol. The van der Waals surface area contributed by atoms with Crippen molar-refractivity contribution in [3.63, 3.8) is 0 Å². The van der Waals surface area contributed by atoms with E-state index in [1.807, 2.05) is 30.3 Å². The summed E-state index contributed by atoms with van der Waals surface area (Å²) >= 11 is 0. The third-order valence-corrected chi connectivity index (χ3v) is 3.65. The topological polar surface area (TPSA) is 44.9 Å². The van der Waals surface area contributed by atoms with E-state index in [0.29, 0.717) is 5.69 Å². The van der Waals surface area contributed by atoms with E-state index in [9.17, 15) is 4.79 Å². The van der Waals surface area contributed by atoms with E-state index in [0.717, 1.165) is 23.7 Å². The normalized spacial score (nSPS) is 17.7. The first-order valence-corrected chi connectivity index (χ1v) is 6.07. The Kier molecular flexibility index (Phi) is 2.21. The SMILES string of the molecule is CC1(NC(=O)c2cc3ccccc3[nH]2)CCC1. The quantitative estimate of drug-likeness (QED) is 0.815. The third-order valence-electron chi connectivity index (χ3n) is 3.65. The zero-order valence-electron chi connectivity index (χ0n) is 9.92. The lowest BCUT2D eigenvalue weighted by Crippen LogP contribution is -2.51. The van der Waals surface area contributed by atoms with Crippen LogP contribution in [0.5, 0.6) is 0 Å². The van der Waals surface area contributed by atoms with E-state index in [1.54, 1.807) is 0 Å². The molecule has 1 aromatic heterocycles. The van der Waals surface area contributed by atoms with E-state index >= 15 is 0 Å². The molecule has 1 saturated carbocycles. The van der Waals surface area contributed by atoms with Crippen LogP contribution in [0.3, 0.4) is 0 Å². The number of fused-ring (bicyclic) bond motifs is 1. The predicted octanol–water partition coefficient (Wildman–Crippen LogP) is 2.84. The lowest BCUT2D eigenvalue weighted by Gasteiger charge is -2.38. The summed E-state index contributed by atoms with van der Waals surface area (Å²) in [6, 6.07) is 9.84. The molecule has 3 nitrogen and oxygen atoms in total. The van der Waals surface area contributed by atoms with Gasteiger partial charge in [0.15, 0.2) is 0 Å². The van der Waals surface area contributed by atoms with Crippen LogP contribution in [0.2, 0.25) is 0 Å². The van der Waals surface area contributed by atoms with Gasteiger partial charge >= 0.3 is 0 Å². The summed E-state index contributed by atoms with van der Waals surface area (Å²) in [7, 11) is 0. The number of nitrogens with one attached hydrogen (secondary N) is 2. The average Bonchev–Trinajstić information content (AvgIpc) is 2.70. The molecule has 88 valence electrons. The van der Waals surface area contributed by atoms with Crippen LogP contribution in [-0.2, 0) is 0 Å². The first-order chi connectivity index (χ1) is 8.16. The molecule has 0 spiro atoms. The van der Waals surface area contributed by atoms with Crippen LogP contribution < -0.4 is 5.32 Å². The molecule has 3 heteroatoms. The summed E-state index contributed by atoms with van der Waals surface area (Å²) in [5.74, 6) is 0.00315. The van der Waals surface area contributed by atoms with Gasteiger partial charge in [-0.2, -0.15) is 0 Å². The minimum Gasteiger partial charge on any atom is -0.351 e. The van der Waals surface area contributed by atoms with Crippen molar-refractivity contribution in [1.82, 2.24) is 10.3 Å². The van der Waals surface area contributed by atoms with Crippen molar-refractivity contribution in [2.45, 2.75) is 31.7 Å². The van der Waals surface area contributed by atoms with E-state index in [4.69, 9.17) is 0 Å². The second kappa shape index (κ2) is 3.62. The summed E-state index contributed by atoms with van der Waals surface area (Å²) in [6.07, 6.45) is 3.38. The van der Waals surface area contributed by atoms with Gasteiger partial charge in [0.1, 0.15) is 5.69 Å². The molecule has 1 amide bonds. The Morgan fingerprint density at radius 1 is 1.35 bits per heavy atom. The highest BCUT2D eigenvalue weighted by molar-refractivity contribution is 5.98. The minimum atomic E-state index is 0.00315. The van der Waals surface area contributed by atoms with E-state index in [1.165, 1.54) is 6.42 Å². The molecule has 0 aliphatic heterocycles. The van der Waals surface area contributed by atoms with Crippen LogP contribution in [-0.4, -0.2) is 16.4 Å². The van der Waals surface area contributed by atoms with Gasteiger partial charge in [0.25, 0.3) is 5.91 Å². The van der Waals surface area contributed by atoms with E-state index in [2.05, 4.69) is 17.2 Å². The van der Waals surface area contributed by atoms with Crippen molar-refractivity contribution >= 4 is 16.8 Å². The van der Waals surface area contributed by atoms with Crippen molar-refractivity contribution in [2.75, 3.05) is 0 Å². The van der Waals surface area contributed by atoms with Gasteiger partial charge in [-0.15, -0.1) is 0 Å². The molecule has 2 aromatic rings. The first kappa shape index (κ1) is 10.4. The number of benzene rings is 1. The Labute approximate surface area is 100 Å². The fourth-order valence-electron chi connectivity index (χ4n) is 2.37. The lowest BCUT2D eigenvalue weighted by atomic mass is 9.78. The smallest absolute Gasteiger partial charge is 0.268 e. The maximum atomic E-state index is 12.1. The van der Waals surface area contributed by atoms with Crippen molar-refractivity contribution in [3.8, 4) is 0 Å². The second-order valence-electron chi connectivity index (χ2n) is 5.14. The summed E-state index contributed by atoms with van der Waals surface area (Å²) in [4.78, 5) is 15.2. The average molecular weight is 228 g/mol. The Hall–Kier alpha value is -1.77. The van der Waals surface area contributed by atoms with Crippen LogP contribution in [0.4, 0.5) is 0 Å². The fraction of sp³-hybridized carbons (Fsp3) is 0.357. The molecule has 1 aromatic carbocycles. The largest absolute Gasteiger partial charge is 0.351 e. The van der Waals surface area contributed by atoms with Crippen LogP contribution in [0.1, 0.15) is 36.7 Å². The molecule has 2 N–H and O–H groups in total. The Morgan fingerprint density at radius 3 is 2.76 bits per heavy atom. The van der Waals surface area contributed by atoms with Gasteiger partial charge in [0.05, 0.1) is 0 Å². The highest BCUT2D eigenvalue weighted by Gasteiger charge is 2.33. The molecule has 1 heterocycles.